The molecule has 5 aromatic rings. The summed E-state index contributed by atoms with van der Waals surface area (Å²) in [6.07, 6.45) is -0.491. The van der Waals surface area contributed by atoms with Crippen molar-refractivity contribution in [2.24, 2.45) is 20.5 Å². The van der Waals surface area contributed by atoms with E-state index in [1.807, 2.05) is 6.92 Å². The van der Waals surface area contributed by atoms with Crippen molar-refractivity contribution in [1.82, 2.24) is 15.0 Å². The van der Waals surface area contributed by atoms with Crippen molar-refractivity contribution in [2.45, 2.75) is 32.4 Å². The number of aliphatic hydroxyl groups is 1. The summed E-state index contributed by atoms with van der Waals surface area (Å²) in [4.78, 5) is 59.1. The lowest BCUT2D eigenvalue weighted by atomic mass is 10.1. The summed E-state index contributed by atoms with van der Waals surface area (Å²) in [5.41, 5.74) is -2.04. The molecule has 1 aromatic heterocycles. The summed E-state index contributed by atoms with van der Waals surface area (Å²) in [6.45, 7) is 1.53. The second kappa shape index (κ2) is 21.2. The van der Waals surface area contributed by atoms with Gasteiger partial charge in [-0.2, -0.15) is 33.6 Å². The van der Waals surface area contributed by atoms with Crippen molar-refractivity contribution in [1.29, 1.82) is 0 Å². The van der Waals surface area contributed by atoms with Gasteiger partial charge in [-0.05, 0) is 61.4 Å². The fourth-order valence-electron chi connectivity index (χ4n) is 5.33. The van der Waals surface area contributed by atoms with Gasteiger partial charge in [-0.1, -0.05) is 36.5 Å². The van der Waals surface area contributed by atoms with Crippen LogP contribution in [0.5, 0.6) is 11.5 Å². The maximum absolute atomic E-state index is 11.6. The highest BCUT2D eigenvalue weighted by Gasteiger charge is 2.19. The van der Waals surface area contributed by atoms with Crippen LogP contribution in [0.4, 0.5) is 52.0 Å². The minimum absolute atomic E-state index is 0.0315. The highest BCUT2D eigenvalue weighted by molar-refractivity contribution is 7.85. The van der Waals surface area contributed by atoms with E-state index in [4.69, 9.17) is 27.9 Å². The van der Waals surface area contributed by atoms with E-state index in [-0.39, 0.29) is 109 Å². The quantitative estimate of drug-likeness (QED) is 0.0109. The normalized spacial score (nSPS) is 12.0. The number of carbonyl (C=O) groups is 4. The molecule has 0 fully saturated rings. The lowest BCUT2D eigenvalue weighted by Gasteiger charge is -2.17. The number of aliphatic hydroxyl groups excluding tert-OH is 1. The minimum atomic E-state index is -4.36. The van der Waals surface area contributed by atoms with Crippen LogP contribution in [-0.2, 0) is 10.1 Å². The Balaban J connectivity index is 1.50. The molecule has 5 rings (SSSR count). The predicted molar refractivity (Wildman–Crippen MR) is 231 cm³/mol. The summed E-state index contributed by atoms with van der Waals surface area (Å²) >= 11 is 13.0. The molecule has 1 atom stereocenters. The highest BCUT2D eigenvalue weighted by Crippen LogP contribution is 2.40. The number of hydrogen-bond donors (Lipinski definition) is 10. The maximum Gasteiger partial charge on any atom is 0.335 e. The van der Waals surface area contributed by atoms with E-state index in [1.165, 1.54) is 18.2 Å². The zero-order valence-electron chi connectivity index (χ0n) is 33.2. The van der Waals surface area contributed by atoms with E-state index in [2.05, 4.69) is 51.4 Å². The number of phenols is 1. The molecule has 27 heteroatoms. The van der Waals surface area contributed by atoms with E-state index >= 15 is 0 Å². The van der Waals surface area contributed by atoms with E-state index < -0.39 is 51.7 Å². The highest BCUT2D eigenvalue weighted by atomic mass is 35.5. The number of carboxylic acids is 4. The molecule has 0 bridgehead atoms. The zero-order valence-corrected chi connectivity index (χ0v) is 35.5. The monoisotopic (exact) mass is 956 g/mol. The fraction of sp³-hybridized carbons (Fsp3) is 0.184. The lowest BCUT2D eigenvalue weighted by molar-refractivity contribution is 0.0676. The third-order valence-electron chi connectivity index (χ3n) is 8.27. The van der Waals surface area contributed by atoms with Crippen LogP contribution in [0.25, 0.3) is 0 Å². The largest absolute Gasteiger partial charge is 0.506 e. The molecule has 10 N–H and O–H groups in total. The number of azo groups is 2. The number of nitrogens with one attached hydrogen (secondary N) is 3. The molecule has 0 aliphatic rings. The topological polar surface area (TPSA) is 377 Å². The van der Waals surface area contributed by atoms with Crippen molar-refractivity contribution >= 4 is 109 Å². The first kappa shape index (κ1) is 48.5. The molecule has 0 spiro atoms. The predicted octanol–water partition coefficient (Wildman–Crippen LogP) is 8.18. The number of aromatic nitrogens is 3. The maximum atomic E-state index is 11.6. The van der Waals surface area contributed by atoms with Crippen LogP contribution in [0.1, 0.15) is 67.6 Å². The first-order valence-corrected chi connectivity index (χ1v) is 20.8. The number of hydrogen-bond acceptors (Lipinski definition) is 19. The van der Waals surface area contributed by atoms with Crippen LogP contribution < -0.4 is 20.7 Å². The first-order valence-electron chi connectivity index (χ1n) is 18.4. The standard InChI is InChI=1S/C38H34Cl2N10O14S/c1-2-4-31(52)43-38-45-36(41-27-13-23(39)25(15-29(27)51)49-47-21-9-17(32(53)54)7-18(10-21)33(55)56)44-37(46-38)42-28-14-24(40)26(16-30(28)64-5-3-6-65(61,62)63)50-48-22-11-19(34(57)58)8-20(12-22)35(59)60/h7-16,31,51-52H,2-6H2,1H3,(H,53,54)(H,55,56)(H,57,58)(H,59,60)(H,61,62,63)(H3,41,42,43,44,45,46). The van der Waals surface area contributed by atoms with E-state index in [9.17, 15) is 62.8 Å². The molecule has 4 aromatic carbocycles. The smallest absolute Gasteiger partial charge is 0.335 e. The van der Waals surface area contributed by atoms with Crippen molar-refractivity contribution in [3.63, 3.8) is 0 Å². The van der Waals surface area contributed by atoms with Gasteiger partial charge in [0, 0.05) is 12.1 Å². The molecule has 1 heterocycles. The van der Waals surface area contributed by atoms with Gasteiger partial charge in [-0.3, -0.25) is 4.55 Å². The Morgan fingerprint density at radius 1 is 0.677 bits per heavy atom. The number of aromatic hydroxyl groups is 1. The molecule has 65 heavy (non-hydrogen) atoms. The summed E-state index contributed by atoms with van der Waals surface area (Å²) < 4.78 is 37.8. The Bertz CT molecular complexity index is 2790. The number of benzene rings is 4. The summed E-state index contributed by atoms with van der Waals surface area (Å²) in [5.74, 6) is -7.54. The van der Waals surface area contributed by atoms with Gasteiger partial charge in [0.15, 0.2) is 0 Å². The first-order chi connectivity index (χ1) is 30.7. The van der Waals surface area contributed by atoms with Crippen LogP contribution in [0.3, 0.4) is 0 Å². The van der Waals surface area contributed by atoms with Crippen LogP contribution in [0, 0.1) is 0 Å². The molecule has 340 valence electrons. The molecule has 0 saturated heterocycles. The molecule has 1 unspecified atom stereocenters. The van der Waals surface area contributed by atoms with Crippen LogP contribution in [-0.4, -0.2) is 101 Å². The number of anilines is 5. The SMILES string of the molecule is CCCC(O)Nc1nc(Nc2cc(Cl)c(N=Nc3cc(C(=O)O)cc(C(=O)O)c3)cc2O)nc(Nc2cc(Cl)c(N=Nc3cc(C(=O)O)cc(C(=O)O)c3)cc2OCCCS(=O)(=O)O)n1. The number of halogens is 2. The van der Waals surface area contributed by atoms with Crippen molar-refractivity contribution < 1.29 is 67.5 Å². The number of ether oxygens (including phenoxy) is 1. The average Bonchev–Trinajstić information content (AvgIpc) is 3.22. The van der Waals surface area contributed by atoms with E-state index in [0.29, 0.717) is 6.42 Å². The van der Waals surface area contributed by atoms with Crippen LogP contribution in [0.15, 0.2) is 81.1 Å². The summed E-state index contributed by atoms with van der Waals surface area (Å²) in [6, 6.07) is 11.0. The Morgan fingerprint density at radius 3 is 1.58 bits per heavy atom. The van der Waals surface area contributed by atoms with Gasteiger partial charge in [0.2, 0.25) is 17.8 Å². The average molecular weight is 958 g/mol. The number of rotatable bonds is 21. The van der Waals surface area contributed by atoms with Crippen LogP contribution >= 0.6 is 23.2 Å². The van der Waals surface area contributed by atoms with Crippen molar-refractivity contribution in [2.75, 3.05) is 28.3 Å². The van der Waals surface area contributed by atoms with E-state index in [1.54, 1.807) is 0 Å². The number of nitrogens with zero attached hydrogens (tertiary/aromatic N) is 7. The lowest BCUT2D eigenvalue weighted by Crippen LogP contribution is -2.20. The van der Waals surface area contributed by atoms with Crippen LogP contribution in [0.2, 0.25) is 10.0 Å². The van der Waals surface area contributed by atoms with Gasteiger partial charge in [0.05, 0.1) is 67.4 Å². The molecule has 0 saturated carbocycles. The Hall–Kier alpha value is -7.58. The van der Waals surface area contributed by atoms with Gasteiger partial charge >= 0.3 is 23.9 Å². The molecular weight excluding hydrogens is 923 g/mol. The molecular formula is C38H34Cl2N10O14S. The summed E-state index contributed by atoms with van der Waals surface area (Å²) in [7, 11) is -4.36. The molecule has 24 nitrogen and oxygen atoms in total. The second-order valence-electron chi connectivity index (χ2n) is 13.3. The Labute approximate surface area is 376 Å². The minimum Gasteiger partial charge on any atom is -0.506 e. The summed E-state index contributed by atoms with van der Waals surface area (Å²) in [5, 5.41) is 83.0. The molecule has 0 aliphatic carbocycles. The number of aromatic carboxylic acids is 4. The van der Waals surface area contributed by atoms with Gasteiger partial charge in [-0.15, -0.1) is 10.2 Å². The third kappa shape index (κ3) is 14.0. The molecule has 0 amide bonds. The van der Waals surface area contributed by atoms with Gasteiger partial charge in [0.1, 0.15) is 29.1 Å². The Morgan fingerprint density at radius 2 is 1.12 bits per heavy atom. The fourth-order valence-corrected chi connectivity index (χ4v) is 6.22. The Kier molecular flexibility index (Phi) is 15.8. The molecule has 0 radical (unpaired) electrons. The van der Waals surface area contributed by atoms with Gasteiger partial charge in [0.25, 0.3) is 10.1 Å². The number of phenolic OH excluding ortho intramolecular Hbond substituents is 1. The van der Waals surface area contributed by atoms with E-state index in [0.717, 1.165) is 42.5 Å². The van der Waals surface area contributed by atoms with Gasteiger partial charge < -0.3 is 51.3 Å². The van der Waals surface area contributed by atoms with Crippen molar-refractivity contribution in [3.05, 3.63) is 93.0 Å². The van der Waals surface area contributed by atoms with Crippen molar-refractivity contribution in [3.8, 4) is 11.5 Å². The number of carboxylic acid groups (broad SMARTS) is 4. The van der Waals surface area contributed by atoms with Gasteiger partial charge in [-0.25, -0.2) is 19.2 Å². The third-order valence-corrected chi connectivity index (χ3v) is 9.68. The molecule has 0 aliphatic heterocycles. The zero-order chi connectivity index (χ0) is 47.6. The second-order valence-corrected chi connectivity index (χ2v) is 15.7.